The van der Waals surface area contributed by atoms with Crippen molar-refractivity contribution < 1.29 is 13.6 Å². The number of nitrogens with zero attached hydrogens (tertiary/aromatic N) is 2. The van der Waals surface area contributed by atoms with Gasteiger partial charge in [-0.2, -0.15) is 0 Å². The van der Waals surface area contributed by atoms with Crippen LogP contribution in [0.15, 0.2) is 11.6 Å². The Morgan fingerprint density at radius 3 is 3.00 bits per heavy atom. The zero-order valence-corrected chi connectivity index (χ0v) is 8.02. The minimum atomic E-state index is -2.98. The standard InChI is InChI=1S/C8H6F2N2OS/c1-4-5(6(13)7(9)10)12-2-3-14-8(12)11-4/h2-3,7H,1H3. The lowest BCUT2D eigenvalue weighted by Crippen LogP contribution is -2.13. The van der Waals surface area contributed by atoms with E-state index in [1.54, 1.807) is 18.5 Å². The summed E-state index contributed by atoms with van der Waals surface area (Å²) in [6.45, 7) is 1.55. The molecule has 2 rings (SSSR count). The summed E-state index contributed by atoms with van der Waals surface area (Å²) in [6.07, 6.45) is -1.41. The molecule has 2 aromatic rings. The molecule has 3 nitrogen and oxygen atoms in total. The van der Waals surface area contributed by atoms with Crippen LogP contribution in [0.3, 0.4) is 0 Å². The van der Waals surface area contributed by atoms with Crippen molar-refractivity contribution in [3.05, 3.63) is 23.0 Å². The van der Waals surface area contributed by atoms with Crippen LogP contribution in [0.2, 0.25) is 0 Å². The van der Waals surface area contributed by atoms with Crippen molar-refractivity contribution in [2.75, 3.05) is 0 Å². The van der Waals surface area contributed by atoms with Gasteiger partial charge < -0.3 is 0 Å². The number of Topliss-reactive ketones (excluding diaryl/α,β-unsaturated/α-hetero) is 1. The van der Waals surface area contributed by atoms with Gasteiger partial charge in [-0.25, -0.2) is 13.8 Å². The Morgan fingerprint density at radius 1 is 1.64 bits per heavy atom. The summed E-state index contributed by atoms with van der Waals surface area (Å²) < 4.78 is 25.8. The smallest absolute Gasteiger partial charge is 0.287 e. The Labute approximate surface area is 82.0 Å². The van der Waals surface area contributed by atoms with Gasteiger partial charge in [-0.15, -0.1) is 11.3 Å². The number of carbonyl (C=O) groups excluding carboxylic acids is 1. The molecule has 74 valence electrons. The zero-order chi connectivity index (χ0) is 10.3. The summed E-state index contributed by atoms with van der Waals surface area (Å²) in [6, 6.07) is 0. The van der Waals surface area contributed by atoms with E-state index in [1.807, 2.05) is 0 Å². The van der Waals surface area contributed by atoms with Gasteiger partial charge in [0, 0.05) is 11.6 Å². The molecular weight excluding hydrogens is 210 g/mol. The number of hydrogen-bond donors (Lipinski definition) is 0. The lowest BCUT2D eigenvalue weighted by molar-refractivity contribution is 0.0671. The predicted octanol–water partition coefficient (Wildman–Crippen LogP) is 2.15. The Hall–Kier alpha value is -1.30. The predicted molar refractivity (Wildman–Crippen MR) is 48.1 cm³/mol. The number of ketones is 1. The maximum absolute atomic E-state index is 12.2. The average Bonchev–Trinajstić information content (AvgIpc) is 2.62. The van der Waals surface area contributed by atoms with E-state index in [0.717, 1.165) is 0 Å². The molecule has 6 heteroatoms. The second kappa shape index (κ2) is 3.13. The summed E-state index contributed by atoms with van der Waals surface area (Å²) in [5, 5.41) is 1.70. The second-order valence-electron chi connectivity index (χ2n) is 2.77. The van der Waals surface area contributed by atoms with E-state index in [-0.39, 0.29) is 5.69 Å². The van der Waals surface area contributed by atoms with Gasteiger partial charge in [-0.1, -0.05) is 0 Å². The first kappa shape index (κ1) is 9.26. The van der Waals surface area contributed by atoms with Crippen LogP contribution in [0.4, 0.5) is 8.78 Å². The molecule has 0 aliphatic rings. The zero-order valence-electron chi connectivity index (χ0n) is 7.20. The number of hydrogen-bond acceptors (Lipinski definition) is 3. The maximum Gasteiger partial charge on any atom is 0.302 e. The molecule has 0 fully saturated rings. The number of alkyl halides is 2. The van der Waals surface area contributed by atoms with E-state index < -0.39 is 12.2 Å². The van der Waals surface area contributed by atoms with Crippen molar-refractivity contribution in [2.24, 2.45) is 0 Å². The topological polar surface area (TPSA) is 34.4 Å². The number of carbonyl (C=O) groups is 1. The Kier molecular flexibility index (Phi) is 2.07. The summed E-state index contributed by atoms with van der Waals surface area (Å²) in [7, 11) is 0. The minimum absolute atomic E-state index is 0.0174. The third-order valence-corrected chi connectivity index (χ3v) is 2.62. The monoisotopic (exact) mass is 216 g/mol. The highest BCUT2D eigenvalue weighted by Gasteiger charge is 2.24. The van der Waals surface area contributed by atoms with Crippen LogP contribution >= 0.6 is 11.3 Å². The van der Waals surface area contributed by atoms with Crippen LogP contribution in [-0.2, 0) is 0 Å². The molecule has 0 amide bonds. The van der Waals surface area contributed by atoms with E-state index in [1.165, 1.54) is 15.7 Å². The summed E-state index contributed by atoms with van der Waals surface area (Å²) in [4.78, 5) is 15.7. The van der Waals surface area contributed by atoms with Crippen LogP contribution in [0.1, 0.15) is 16.2 Å². The number of thiazole rings is 1. The number of fused-ring (bicyclic) bond motifs is 1. The van der Waals surface area contributed by atoms with Crippen molar-refractivity contribution in [1.29, 1.82) is 0 Å². The molecule has 0 radical (unpaired) electrons. The molecular formula is C8H6F2N2OS. The molecule has 0 aliphatic carbocycles. The van der Waals surface area contributed by atoms with Gasteiger partial charge in [0.25, 0.3) is 0 Å². The van der Waals surface area contributed by atoms with Gasteiger partial charge in [0.05, 0.1) is 5.69 Å². The number of rotatable bonds is 2. The first-order valence-electron chi connectivity index (χ1n) is 3.86. The molecule has 0 spiro atoms. The summed E-state index contributed by atoms with van der Waals surface area (Å²) in [5.41, 5.74) is 0.332. The van der Waals surface area contributed by atoms with Crippen molar-refractivity contribution in [3.63, 3.8) is 0 Å². The maximum atomic E-state index is 12.2. The lowest BCUT2D eigenvalue weighted by Gasteiger charge is -1.98. The van der Waals surface area contributed by atoms with E-state index in [2.05, 4.69) is 4.98 Å². The van der Waals surface area contributed by atoms with Crippen LogP contribution in [0, 0.1) is 6.92 Å². The van der Waals surface area contributed by atoms with Gasteiger partial charge in [-0.05, 0) is 6.92 Å². The summed E-state index contributed by atoms with van der Waals surface area (Å²) in [5.74, 6) is -1.17. The van der Waals surface area contributed by atoms with Gasteiger partial charge >= 0.3 is 6.43 Å². The third kappa shape index (κ3) is 1.22. The quantitative estimate of drug-likeness (QED) is 0.721. The van der Waals surface area contributed by atoms with Crippen LogP contribution in [0.25, 0.3) is 4.96 Å². The highest BCUT2D eigenvalue weighted by Crippen LogP contribution is 2.19. The molecule has 0 saturated carbocycles. The normalized spacial score (nSPS) is 11.4. The number of imidazole rings is 1. The molecule has 0 unspecified atom stereocenters. The molecule has 0 N–H and O–H groups in total. The fourth-order valence-electron chi connectivity index (χ4n) is 1.29. The first-order valence-corrected chi connectivity index (χ1v) is 4.73. The van der Waals surface area contributed by atoms with Crippen LogP contribution in [0.5, 0.6) is 0 Å². The SMILES string of the molecule is Cc1nc2sccn2c1C(=O)C(F)F. The van der Waals surface area contributed by atoms with Gasteiger partial charge in [0.1, 0.15) is 5.69 Å². The Balaban J connectivity index is 2.64. The molecule has 0 aliphatic heterocycles. The fraction of sp³-hybridized carbons (Fsp3) is 0.250. The average molecular weight is 216 g/mol. The fourth-order valence-corrected chi connectivity index (χ4v) is 2.05. The van der Waals surface area contributed by atoms with Gasteiger partial charge in [0.15, 0.2) is 4.96 Å². The van der Waals surface area contributed by atoms with Crippen molar-refractivity contribution in [3.8, 4) is 0 Å². The van der Waals surface area contributed by atoms with E-state index in [4.69, 9.17) is 0 Å². The minimum Gasteiger partial charge on any atom is -0.287 e. The third-order valence-electron chi connectivity index (χ3n) is 1.87. The highest BCUT2D eigenvalue weighted by atomic mass is 32.1. The Morgan fingerprint density at radius 2 is 2.36 bits per heavy atom. The molecule has 2 aromatic heterocycles. The molecule has 0 saturated heterocycles. The van der Waals surface area contributed by atoms with Gasteiger partial charge in [-0.3, -0.25) is 9.20 Å². The Bertz CT molecular complexity index is 488. The van der Waals surface area contributed by atoms with Crippen LogP contribution < -0.4 is 0 Å². The second-order valence-corrected chi connectivity index (χ2v) is 3.64. The van der Waals surface area contributed by atoms with E-state index in [9.17, 15) is 13.6 Å². The summed E-state index contributed by atoms with van der Waals surface area (Å²) >= 11 is 1.31. The molecule has 0 atom stereocenters. The lowest BCUT2D eigenvalue weighted by atomic mass is 10.2. The van der Waals surface area contributed by atoms with Crippen molar-refractivity contribution in [2.45, 2.75) is 13.3 Å². The molecule has 2 heterocycles. The van der Waals surface area contributed by atoms with E-state index in [0.29, 0.717) is 10.7 Å². The molecule has 14 heavy (non-hydrogen) atoms. The number of halogens is 2. The molecule has 0 bridgehead atoms. The first-order chi connectivity index (χ1) is 6.61. The van der Waals surface area contributed by atoms with Crippen LogP contribution in [-0.4, -0.2) is 21.6 Å². The van der Waals surface area contributed by atoms with Crippen molar-refractivity contribution >= 4 is 22.1 Å². The van der Waals surface area contributed by atoms with Crippen molar-refractivity contribution in [1.82, 2.24) is 9.38 Å². The number of aromatic nitrogens is 2. The van der Waals surface area contributed by atoms with E-state index >= 15 is 0 Å². The largest absolute Gasteiger partial charge is 0.302 e. The number of aryl methyl sites for hydroxylation is 1. The molecule has 0 aromatic carbocycles. The van der Waals surface area contributed by atoms with Gasteiger partial charge in [0.2, 0.25) is 5.78 Å². The highest BCUT2D eigenvalue weighted by molar-refractivity contribution is 7.15.